The Morgan fingerprint density at radius 2 is 1.83 bits per heavy atom. The number of alkyl halides is 1. The first-order chi connectivity index (χ1) is 13.7. The highest BCUT2D eigenvalue weighted by Crippen LogP contribution is 2.68. The maximum absolute atomic E-state index is 13.2. The molecule has 0 unspecified atom stereocenters. The molecule has 0 aromatic carbocycles. The van der Waals surface area contributed by atoms with Crippen LogP contribution in [0.4, 0.5) is 0 Å². The van der Waals surface area contributed by atoms with Gasteiger partial charge in [-0.05, 0) is 74.2 Å². The number of carbonyl (C=O) groups excluding carboxylic acids is 3. The van der Waals surface area contributed by atoms with Gasteiger partial charge in [-0.1, -0.05) is 48.9 Å². The Balaban J connectivity index is 1.69. The molecule has 0 aromatic rings. The maximum Gasteiger partial charge on any atom is 0.306 e. The number of rotatable bonds is 4. The quantitative estimate of drug-likeness (QED) is 0.295. The zero-order valence-corrected chi connectivity index (χ0v) is 20.0. The minimum absolute atomic E-state index is 0.0919. The van der Waals surface area contributed by atoms with Crippen molar-refractivity contribution in [2.24, 2.45) is 28.6 Å². The Kier molecular flexibility index (Phi) is 5.53. The Morgan fingerprint density at radius 3 is 2.52 bits per heavy atom. The first kappa shape index (κ1) is 21.5. The van der Waals surface area contributed by atoms with Gasteiger partial charge in [-0.3, -0.25) is 14.4 Å². The average Bonchev–Trinajstić information content (AvgIpc) is 3.01. The number of hydrogen-bond donors (Lipinski definition) is 0. The van der Waals surface area contributed by atoms with Gasteiger partial charge >= 0.3 is 5.97 Å². The molecule has 4 aliphatic carbocycles. The van der Waals surface area contributed by atoms with Gasteiger partial charge in [-0.15, -0.1) is 0 Å². The van der Waals surface area contributed by atoms with E-state index in [2.05, 4.69) is 36.4 Å². The van der Waals surface area contributed by atoms with Crippen molar-refractivity contribution < 1.29 is 19.1 Å². The lowest BCUT2D eigenvalue weighted by molar-refractivity contribution is -0.188. The van der Waals surface area contributed by atoms with E-state index in [-0.39, 0.29) is 28.4 Å². The van der Waals surface area contributed by atoms with Gasteiger partial charge < -0.3 is 4.74 Å². The van der Waals surface area contributed by atoms with Crippen LogP contribution >= 0.6 is 22.6 Å². The second-order valence-electron chi connectivity index (χ2n) is 10.2. The van der Waals surface area contributed by atoms with Crippen molar-refractivity contribution >= 4 is 40.1 Å². The summed E-state index contributed by atoms with van der Waals surface area (Å²) >= 11 is 2.13. The van der Waals surface area contributed by atoms with Gasteiger partial charge in [0.1, 0.15) is 0 Å². The molecule has 0 spiro atoms. The van der Waals surface area contributed by atoms with E-state index in [1.807, 2.05) is 6.08 Å². The largest absolute Gasteiger partial charge is 0.450 e. The Morgan fingerprint density at radius 1 is 1.10 bits per heavy atom. The SMILES string of the molecule is CCC(=O)O[C@]1(C(=O)CI)CC[C@H]2[C@@H]3CCC4=CC(=O)CC[C@]4(C)[C@H]3CC[C@@]21C. The van der Waals surface area contributed by atoms with Crippen molar-refractivity contribution in [3.8, 4) is 0 Å². The molecule has 0 aromatic heterocycles. The number of ketones is 2. The molecule has 0 radical (unpaired) electrons. The van der Waals surface area contributed by atoms with Crippen LogP contribution in [0.2, 0.25) is 0 Å². The highest BCUT2D eigenvalue weighted by molar-refractivity contribution is 14.1. The Hall–Kier alpha value is -0.720. The number of allylic oxidation sites excluding steroid dienone is 1. The Labute approximate surface area is 187 Å². The summed E-state index contributed by atoms with van der Waals surface area (Å²) in [6.45, 7) is 6.41. The van der Waals surface area contributed by atoms with Crippen LogP contribution in [0.5, 0.6) is 0 Å². The number of halogens is 1. The van der Waals surface area contributed by atoms with Gasteiger partial charge in [0, 0.05) is 18.3 Å². The fraction of sp³-hybridized carbons (Fsp3) is 0.792. The third-order valence-electron chi connectivity index (χ3n) is 9.23. The third-order valence-corrected chi connectivity index (χ3v) is 9.92. The average molecular weight is 512 g/mol. The van der Waals surface area contributed by atoms with Crippen molar-refractivity contribution in [1.29, 1.82) is 0 Å². The number of ether oxygens (including phenoxy) is 1. The van der Waals surface area contributed by atoms with Crippen LogP contribution < -0.4 is 0 Å². The van der Waals surface area contributed by atoms with E-state index in [4.69, 9.17) is 4.74 Å². The number of carbonyl (C=O) groups is 3. The van der Waals surface area contributed by atoms with Crippen molar-refractivity contribution in [2.45, 2.75) is 84.2 Å². The van der Waals surface area contributed by atoms with Crippen molar-refractivity contribution in [3.63, 3.8) is 0 Å². The normalized spacial score (nSPS) is 43.7. The van der Waals surface area contributed by atoms with Crippen molar-refractivity contribution in [3.05, 3.63) is 11.6 Å². The molecule has 4 nitrogen and oxygen atoms in total. The summed E-state index contributed by atoms with van der Waals surface area (Å²) < 4.78 is 6.44. The molecule has 3 fully saturated rings. The predicted molar refractivity (Wildman–Crippen MR) is 120 cm³/mol. The summed E-state index contributed by atoms with van der Waals surface area (Å²) in [4.78, 5) is 37.6. The lowest BCUT2D eigenvalue weighted by Gasteiger charge is -2.59. The standard InChI is InChI=1S/C24H33IO4/c1-4-21(28)29-24(20(27)14-25)12-9-19-17-6-5-15-13-16(26)7-10-22(15,2)18(17)8-11-23(19,24)3/h13,17-19H,4-12,14H2,1-3H3/t17-,18+,19+,22+,23+,24+/m1/s1. The van der Waals surface area contributed by atoms with E-state index in [1.54, 1.807) is 6.92 Å². The Bertz CT molecular complexity index is 773. The van der Waals surface area contributed by atoms with E-state index in [9.17, 15) is 14.4 Å². The lowest BCUT2D eigenvalue weighted by Crippen LogP contribution is -2.59. The van der Waals surface area contributed by atoms with Crippen LogP contribution in [0.25, 0.3) is 0 Å². The van der Waals surface area contributed by atoms with Gasteiger partial charge in [-0.25, -0.2) is 0 Å². The van der Waals surface area contributed by atoms with Crippen molar-refractivity contribution in [2.75, 3.05) is 4.43 Å². The van der Waals surface area contributed by atoms with Crippen LogP contribution in [0, 0.1) is 28.6 Å². The fourth-order valence-electron chi connectivity index (χ4n) is 7.61. The molecule has 5 heteroatoms. The van der Waals surface area contributed by atoms with Gasteiger partial charge in [0.2, 0.25) is 0 Å². The molecule has 29 heavy (non-hydrogen) atoms. The van der Waals surface area contributed by atoms with E-state index < -0.39 is 5.60 Å². The number of Topliss-reactive ketones (excluding diaryl/α,β-unsaturated/α-hetero) is 1. The topological polar surface area (TPSA) is 60.4 Å². The fourth-order valence-corrected chi connectivity index (χ4v) is 8.23. The van der Waals surface area contributed by atoms with E-state index in [1.165, 1.54) is 5.57 Å². The van der Waals surface area contributed by atoms with Crippen LogP contribution in [-0.4, -0.2) is 27.6 Å². The molecule has 6 atom stereocenters. The van der Waals surface area contributed by atoms with E-state index >= 15 is 0 Å². The molecular weight excluding hydrogens is 479 g/mol. The highest BCUT2D eigenvalue weighted by atomic mass is 127. The van der Waals surface area contributed by atoms with Crippen LogP contribution in [0.1, 0.15) is 78.6 Å². The van der Waals surface area contributed by atoms with Crippen LogP contribution in [0.3, 0.4) is 0 Å². The summed E-state index contributed by atoms with van der Waals surface area (Å²) in [5.74, 6) is 1.66. The molecule has 0 heterocycles. The minimum Gasteiger partial charge on any atom is -0.450 e. The first-order valence-electron chi connectivity index (χ1n) is 11.3. The molecule has 0 aliphatic heterocycles. The molecule has 0 N–H and O–H groups in total. The van der Waals surface area contributed by atoms with Gasteiger partial charge in [-0.2, -0.15) is 0 Å². The van der Waals surface area contributed by atoms with Gasteiger partial charge in [0.15, 0.2) is 17.2 Å². The zero-order valence-electron chi connectivity index (χ0n) is 17.9. The molecule has 0 amide bonds. The van der Waals surface area contributed by atoms with Gasteiger partial charge in [0.25, 0.3) is 0 Å². The van der Waals surface area contributed by atoms with Crippen LogP contribution in [0.15, 0.2) is 11.6 Å². The zero-order chi connectivity index (χ0) is 21.0. The molecule has 3 saturated carbocycles. The lowest BCUT2D eigenvalue weighted by atomic mass is 9.46. The molecule has 0 saturated heterocycles. The molecule has 160 valence electrons. The number of hydrogen-bond acceptors (Lipinski definition) is 4. The molecule has 4 rings (SSSR count). The number of esters is 1. The monoisotopic (exact) mass is 512 g/mol. The second kappa shape index (κ2) is 7.45. The van der Waals surface area contributed by atoms with Crippen LogP contribution in [-0.2, 0) is 19.1 Å². The summed E-state index contributed by atoms with van der Waals surface area (Å²) in [6.07, 6.45) is 9.58. The molecule has 0 bridgehead atoms. The van der Waals surface area contributed by atoms with Crippen molar-refractivity contribution in [1.82, 2.24) is 0 Å². The van der Waals surface area contributed by atoms with E-state index in [0.29, 0.717) is 41.4 Å². The summed E-state index contributed by atoms with van der Waals surface area (Å²) in [5.41, 5.74) is 0.264. The summed E-state index contributed by atoms with van der Waals surface area (Å²) in [5, 5.41) is 0. The molecular formula is C24H33IO4. The number of fused-ring (bicyclic) bond motifs is 5. The minimum atomic E-state index is -0.948. The van der Waals surface area contributed by atoms with E-state index in [0.717, 1.165) is 38.5 Å². The van der Waals surface area contributed by atoms with Gasteiger partial charge in [0.05, 0.1) is 4.43 Å². The second-order valence-corrected chi connectivity index (χ2v) is 10.9. The third kappa shape index (κ3) is 3.00. The first-order valence-corrected chi connectivity index (χ1v) is 12.8. The highest BCUT2D eigenvalue weighted by Gasteiger charge is 2.68. The maximum atomic E-state index is 13.2. The molecule has 4 aliphatic rings. The summed E-state index contributed by atoms with van der Waals surface area (Å²) in [6, 6.07) is 0. The smallest absolute Gasteiger partial charge is 0.306 e. The summed E-state index contributed by atoms with van der Waals surface area (Å²) in [7, 11) is 0. The predicted octanol–water partition coefficient (Wildman–Crippen LogP) is 5.21.